The summed E-state index contributed by atoms with van der Waals surface area (Å²) in [6, 6.07) is 5.29. The fraction of sp³-hybridized carbons (Fsp3) is 0.579. The molecule has 2 aliphatic rings. The Balaban J connectivity index is 1.76. The highest BCUT2D eigenvalue weighted by molar-refractivity contribution is 6.31. The maximum atomic E-state index is 12.8. The quantitative estimate of drug-likeness (QED) is 0.835. The van der Waals surface area contributed by atoms with Gasteiger partial charge >= 0.3 is 12.0 Å². The molecule has 2 atom stereocenters. The molecule has 0 saturated carbocycles. The summed E-state index contributed by atoms with van der Waals surface area (Å²) in [5.41, 5.74) is 1.66. The number of anilines is 2. The van der Waals surface area contributed by atoms with Crippen molar-refractivity contribution in [3.05, 3.63) is 23.2 Å². The van der Waals surface area contributed by atoms with Gasteiger partial charge in [-0.15, -0.1) is 0 Å². The summed E-state index contributed by atoms with van der Waals surface area (Å²) in [6.45, 7) is 4.72. The third-order valence-corrected chi connectivity index (χ3v) is 5.43. The highest BCUT2D eigenvalue weighted by Crippen LogP contribution is 2.32. The van der Waals surface area contributed by atoms with Crippen LogP contribution in [0.2, 0.25) is 5.02 Å². The average molecular weight is 380 g/mol. The number of nitrogens with one attached hydrogen (secondary N) is 1. The number of benzene rings is 1. The molecule has 7 heteroatoms. The van der Waals surface area contributed by atoms with Gasteiger partial charge in [0, 0.05) is 31.2 Å². The number of carbonyl (C=O) groups is 2. The second kappa shape index (κ2) is 8.16. The number of carboxylic acid groups (broad SMARTS) is 1. The van der Waals surface area contributed by atoms with Gasteiger partial charge in [0.05, 0.1) is 17.3 Å². The van der Waals surface area contributed by atoms with Gasteiger partial charge in [0.25, 0.3) is 0 Å². The largest absolute Gasteiger partial charge is 0.481 e. The molecule has 0 spiro atoms. The van der Waals surface area contributed by atoms with Crippen LogP contribution in [0.4, 0.5) is 16.2 Å². The summed E-state index contributed by atoms with van der Waals surface area (Å²) < 4.78 is 0. The summed E-state index contributed by atoms with van der Waals surface area (Å²) in [6.07, 6.45) is 4.11. The van der Waals surface area contributed by atoms with E-state index in [2.05, 4.69) is 10.2 Å². The lowest BCUT2D eigenvalue weighted by Gasteiger charge is -2.35. The van der Waals surface area contributed by atoms with E-state index in [1.165, 1.54) is 6.42 Å². The third kappa shape index (κ3) is 4.41. The van der Waals surface area contributed by atoms with Crippen LogP contribution in [0.15, 0.2) is 18.2 Å². The number of carboxylic acids is 1. The molecule has 2 amide bonds. The molecule has 1 aromatic rings. The van der Waals surface area contributed by atoms with Crippen LogP contribution in [0.5, 0.6) is 0 Å². The van der Waals surface area contributed by atoms with E-state index >= 15 is 0 Å². The van der Waals surface area contributed by atoms with E-state index in [4.69, 9.17) is 11.6 Å². The number of piperidine rings is 2. The molecule has 2 heterocycles. The van der Waals surface area contributed by atoms with E-state index in [9.17, 15) is 14.7 Å². The molecule has 2 saturated heterocycles. The van der Waals surface area contributed by atoms with Crippen molar-refractivity contribution in [3.63, 3.8) is 0 Å². The molecule has 0 bridgehead atoms. The lowest BCUT2D eigenvalue weighted by molar-refractivity contribution is -0.143. The van der Waals surface area contributed by atoms with Crippen LogP contribution >= 0.6 is 11.6 Å². The number of likely N-dealkylation sites (tertiary alicyclic amines) is 1. The molecule has 6 nitrogen and oxygen atoms in total. The Bertz CT molecular complexity index is 676. The normalized spacial score (nSPS) is 23.6. The van der Waals surface area contributed by atoms with Crippen molar-refractivity contribution in [2.24, 2.45) is 11.8 Å². The van der Waals surface area contributed by atoms with Crippen LogP contribution in [-0.4, -0.2) is 48.2 Å². The predicted molar refractivity (Wildman–Crippen MR) is 103 cm³/mol. The minimum Gasteiger partial charge on any atom is -0.481 e. The molecule has 0 aromatic heterocycles. The van der Waals surface area contributed by atoms with Crippen LogP contribution in [0, 0.1) is 11.8 Å². The number of hydrogen-bond donors (Lipinski definition) is 2. The number of halogens is 1. The van der Waals surface area contributed by atoms with Crippen molar-refractivity contribution in [2.45, 2.75) is 32.6 Å². The Hall–Kier alpha value is -1.95. The second-order valence-electron chi connectivity index (χ2n) is 7.42. The Kier molecular flexibility index (Phi) is 5.91. The lowest BCUT2D eigenvalue weighted by Crippen LogP contribution is -2.47. The number of aliphatic carboxylic acids is 1. The molecule has 0 radical (unpaired) electrons. The first-order chi connectivity index (χ1) is 12.4. The number of urea groups is 1. The molecule has 2 aliphatic heterocycles. The molecular weight excluding hydrogens is 354 g/mol. The van der Waals surface area contributed by atoms with Crippen molar-refractivity contribution < 1.29 is 14.7 Å². The Morgan fingerprint density at radius 2 is 1.92 bits per heavy atom. The van der Waals surface area contributed by atoms with E-state index < -0.39 is 11.9 Å². The van der Waals surface area contributed by atoms with Gasteiger partial charge in [-0.05, 0) is 49.8 Å². The Labute approximate surface area is 159 Å². The number of carbonyl (C=O) groups excluding carboxylic acids is 1. The van der Waals surface area contributed by atoms with E-state index in [0.717, 1.165) is 31.6 Å². The van der Waals surface area contributed by atoms with Crippen LogP contribution in [0.3, 0.4) is 0 Å². The molecule has 2 unspecified atom stereocenters. The Morgan fingerprint density at radius 3 is 2.62 bits per heavy atom. The van der Waals surface area contributed by atoms with Crippen LogP contribution in [0.25, 0.3) is 0 Å². The second-order valence-corrected chi connectivity index (χ2v) is 7.86. The summed E-state index contributed by atoms with van der Waals surface area (Å²) in [5, 5.41) is 12.8. The lowest BCUT2D eigenvalue weighted by atomic mass is 9.91. The third-order valence-electron chi connectivity index (χ3n) is 5.19. The van der Waals surface area contributed by atoms with E-state index in [1.54, 1.807) is 11.0 Å². The molecule has 2 fully saturated rings. The van der Waals surface area contributed by atoms with E-state index in [0.29, 0.717) is 23.7 Å². The predicted octanol–water partition coefficient (Wildman–Crippen LogP) is 3.90. The maximum Gasteiger partial charge on any atom is 0.321 e. The van der Waals surface area contributed by atoms with Gasteiger partial charge < -0.3 is 20.2 Å². The topological polar surface area (TPSA) is 72.9 Å². The van der Waals surface area contributed by atoms with Crippen molar-refractivity contribution in [1.29, 1.82) is 0 Å². The van der Waals surface area contributed by atoms with E-state index in [1.807, 2.05) is 19.1 Å². The highest BCUT2D eigenvalue weighted by atomic mass is 35.5. The molecular formula is C19H26ClN3O3. The van der Waals surface area contributed by atoms with Gasteiger partial charge in [0.15, 0.2) is 0 Å². The van der Waals surface area contributed by atoms with Gasteiger partial charge in [-0.25, -0.2) is 4.79 Å². The smallest absolute Gasteiger partial charge is 0.321 e. The molecule has 26 heavy (non-hydrogen) atoms. The minimum atomic E-state index is -0.842. The standard InChI is InChI=1S/C19H26ClN3O3/c1-13-9-14(18(24)25)12-23(11-13)19(26)21-16-10-15(20)5-6-17(16)22-7-3-2-4-8-22/h5-6,10,13-14H,2-4,7-9,11-12H2,1H3,(H,21,26)(H,24,25). The molecule has 3 rings (SSSR count). The molecule has 142 valence electrons. The summed E-state index contributed by atoms with van der Waals surface area (Å²) in [4.78, 5) is 28.0. The van der Waals surface area contributed by atoms with Gasteiger partial charge in [-0.3, -0.25) is 4.79 Å². The summed E-state index contributed by atoms with van der Waals surface area (Å²) in [7, 11) is 0. The number of hydrogen-bond acceptors (Lipinski definition) is 3. The minimum absolute atomic E-state index is 0.163. The monoisotopic (exact) mass is 379 g/mol. The number of amides is 2. The maximum absolute atomic E-state index is 12.8. The first kappa shape index (κ1) is 18.8. The first-order valence-corrected chi connectivity index (χ1v) is 9.65. The van der Waals surface area contributed by atoms with Crippen LogP contribution in [-0.2, 0) is 4.79 Å². The Morgan fingerprint density at radius 1 is 1.19 bits per heavy atom. The summed E-state index contributed by atoms with van der Waals surface area (Å²) in [5.74, 6) is -1.19. The fourth-order valence-electron chi connectivity index (χ4n) is 3.91. The van der Waals surface area contributed by atoms with Crippen LogP contribution in [0.1, 0.15) is 32.6 Å². The van der Waals surface area contributed by atoms with Crippen LogP contribution < -0.4 is 10.2 Å². The zero-order chi connectivity index (χ0) is 18.7. The average Bonchev–Trinajstić information content (AvgIpc) is 2.62. The SMILES string of the molecule is CC1CC(C(=O)O)CN(C(=O)Nc2cc(Cl)ccc2N2CCCCC2)C1. The number of nitrogens with zero attached hydrogens (tertiary/aromatic N) is 2. The zero-order valence-electron chi connectivity index (χ0n) is 15.1. The molecule has 1 aromatic carbocycles. The van der Waals surface area contributed by atoms with Crippen molar-refractivity contribution in [1.82, 2.24) is 4.90 Å². The number of rotatable bonds is 3. The van der Waals surface area contributed by atoms with Gasteiger partial charge in [-0.1, -0.05) is 18.5 Å². The van der Waals surface area contributed by atoms with E-state index in [-0.39, 0.29) is 18.5 Å². The zero-order valence-corrected chi connectivity index (χ0v) is 15.8. The summed E-state index contributed by atoms with van der Waals surface area (Å²) >= 11 is 6.15. The van der Waals surface area contributed by atoms with Crippen molar-refractivity contribution in [2.75, 3.05) is 36.4 Å². The molecule has 0 aliphatic carbocycles. The van der Waals surface area contributed by atoms with Crippen molar-refractivity contribution in [3.8, 4) is 0 Å². The fourth-order valence-corrected chi connectivity index (χ4v) is 4.08. The molecule has 2 N–H and O–H groups in total. The van der Waals surface area contributed by atoms with Gasteiger partial charge in [0.2, 0.25) is 0 Å². The van der Waals surface area contributed by atoms with Gasteiger partial charge in [-0.2, -0.15) is 0 Å². The van der Waals surface area contributed by atoms with Crippen molar-refractivity contribution >= 4 is 35.0 Å². The highest BCUT2D eigenvalue weighted by Gasteiger charge is 2.32. The first-order valence-electron chi connectivity index (χ1n) is 9.27. The van der Waals surface area contributed by atoms with Gasteiger partial charge in [0.1, 0.15) is 0 Å².